The highest BCUT2D eigenvalue weighted by Crippen LogP contribution is 2.40. The second kappa shape index (κ2) is 10.0. The number of amides is 1. The Hall–Kier alpha value is -1.79. The molecule has 0 saturated carbocycles. The summed E-state index contributed by atoms with van der Waals surface area (Å²) in [7, 11) is 5.64. The molecule has 1 aliphatic rings. The number of carbonyl (C=O) groups excluding carboxylic acids is 1. The highest BCUT2D eigenvalue weighted by atomic mass is 35.5. The summed E-state index contributed by atoms with van der Waals surface area (Å²) in [5.74, 6) is 0.754. The third kappa shape index (κ3) is 4.92. The molecule has 0 bridgehead atoms. The van der Waals surface area contributed by atoms with Gasteiger partial charge < -0.3 is 19.7 Å². The summed E-state index contributed by atoms with van der Waals surface area (Å²) in [4.78, 5) is 15.6. The van der Waals surface area contributed by atoms with E-state index in [1.54, 1.807) is 19.2 Å². The average molecular weight is 451 g/mol. The van der Waals surface area contributed by atoms with E-state index in [2.05, 4.69) is 10.2 Å². The predicted molar refractivity (Wildman–Crippen MR) is 121 cm³/mol. The van der Waals surface area contributed by atoms with E-state index in [9.17, 15) is 4.79 Å². The molecule has 7 heteroatoms. The Morgan fingerprint density at radius 1 is 1.20 bits per heavy atom. The van der Waals surface area contributed by atoms with Crippen molar-refractivity contribution in [2.24, 2.45) is 0 Å². The first-order chi connectivity index (χ1) is 14.4. The average Bonchev–Trinajstić information content (AvgIpc) is 2.74. The van der Waals surface area contributed by atoms with Crippen LogP contribution < -0.4 is 10.1 Å². The summed E-state index contributed by atoms with van der Waals surface area (Å²) in [6.45, 7) is 1.49. The van der Waals surface area contributed by atoms with Gasteiger partial charge in [-0.15, -0.1) is 0 Å². The molecule has 0 aliphatic carbocycles. The summed E-state index contributed by atoms with van der Waals surface area (Å²) in [5, 5.41) is 4.25. The monoisotopic (exact) mass is 450 g/mol. The minimum atomic E-state index is -0.731. The minimum absolute atomic E-state index is 0.00151. The fraction of sp³-hybridized carbons (Fsp3) is 0.435. The van der Waals surface area contributed by atoms with E-state index in [1.165, 1.54) is 0 Å². The first kappa shape index (κ1) is 22.9. The number of hydrogen-bond acceptors (Lipinski definition) is 4. The molecule has 30 heavy (non-hydrogen) atoms. The molecule has 1 atom stereocenters. The van der Waals surface area contributed by atoms with Crippen LogP contribution in [0.2, 0.25) is 10.0 Å². The van der Waals surface area contributed by atoms with Crippen molar-refractivity contribution in [3.63, 3.8) is 0 Å². The topological polar surface area (TPSA) is 50.8 Å². The van der Waals surface area contributed by atoms with Crippen LogP contribution >= 0.6 is 23.2 Å². The van der Waals surface area contributed by atoms with Crippen LogP contribution in [0.5, 0.6) is 5.75 Å². The number of rotatable bonds is 7. The number of hydrogen-bond donors (Lipinski definition) is 1. The molecule has 1 saturated heterocycles. The number of halogens is 2. The van der Waals surface area contributed by atoms with Crippen LogP contribution in [0.4, 0.5) is 0 Å². The van der Waals surface area contributed by atoms with Gasteiger partial charge in [-0.1, -0.05) is 41.4 Å². The molecule has 0 radical (unpaired) electrons. The smallest absolute Gasteiger partial charge is 0.230 e. The molecule has 1 N–H and O–H groups in total. The van der Waals surface area contributed by atoms with E-state index in [0.29, 0.717) is 42.6 Å². The molecule has 162 valence electrons. The lowest BCUT2D eigenvalue weighted by molar-refractivity contribution is -0.130. The van der Waals surface area contributed by atoms with E-state index < -0.39 is 5.41 Å². The van der Waals surface area contributed by atoms with E-state index in [1.807, 2.05) is 44.4 Å². The van der Waals surface area contributed by atoms with Gasteiger partial charge in [0.1, 0.15) is 5.75 Å². The van der Waals surface area contributed by atoms with Gasteiger partial charge in [0.15, 0.2) is 0 Å². The van der Waals surface area contributed by atoms with Gasteiger partial charge in [-0.2, -0.15) is 0 Å². The predicted octanol–water partition coefficient (Wildman–Crippen LogP) is 4.47. The summed E-state index contributed by atoms with van der Waals surface area (Å²) in [6.07, 6.45) is 1.15. The summed E-state index contributed by atoms with van der Waals surface area (Å²) < 4.78 is 10.9. The Kier molecular flexibility index (Phi) is 7.64. The summed E-state index contributed by atoms with van der Waals surface area (Å²) in [5.41, 5.74) is 1.15. The number of carbonyl (C=O) groups is 1. The third-order valence-electron chi connectivity index (χ3n) is 5.79. The number of likely N-dealkylation sites (N-methyl/N-ethyl adjacent to an activating group) is 1. The Balaban J connectivity index is 1.84. The van der Waals surface area contributed by atoms with Crippen LogP contribution in [-0.4, -0.2) is 51.8 Å². The van der Waals surface area contributed by atoms with Crippen molar-refractivity contribution in [1.29, 1.82) is 0 Å². The van der Waals surface area contributed by atoms with Crippen molar-refractivity contribution in [1.82, 2.24) is 10.2 Å². The molecule has 5 nitrogen and oxygen atoms in total. The lowest BCUT2D eigenvalue weighted by atomic mass is 9.73. The van der Waals surface area contributed by atoms with Crippen LogP contribution in [0.25, 0.3) is 0 Å². The highest BCUT2D eigenvalue weighted by Gasteiger charge is 2.43. The largest absolute Gasteiger partial charge is 0.497 e. The van der Waals surface area contributed by atoms with Gasteiger partial charge in [0, 0.05) is 29.8 Å². The Bertz CT molecular complexity index is 883. The maximum Gasteiger partial charge on any atom is 0.230 e. The fourth-order valence-corrected chi connectivity index (χ4v) is 4.61. The molecule has 1 fully saturated rings. The Morgan fingerprint density at radius 3 is 2.57 bits per heavy atom. The van der Waals surface area contributed by atoms with Gasteiger partial charge in [0.25, 0.3) is 0 Å². The highest BCUT2D eigenvalue weighted by molar-refractivity contribution is 6.35. The van der Waals surface area contributed by atoms with Gasteiger partial charge in [-0.05, 0) is 62.3 Å². The molecule has 0 aromatic heterocycles. The molecule has 3 rings (SSSR count). The molecule has 2 aromatic carbocycles. The standard InChI is InChI=1S/C23H28Cl2N2O3/c1-27(2)21(16-5-4-6-18(13-16)29-3)15-26-22(28)23(9-11-30-12-10-23)19-8-7-17(24)14-20(19)25/h4-8,13-14,21H,9-12,15H2,1-3H3,(H,26,28). The molecule has 1 unspecified atom stereocenters. The van der Waals surface area contributed by atoms with Crippen LogP contribution in [0.3, 0.4) is 0 Å². The minimum Gasteiger partial charge on any atom is -0.497 e. The lowest BCUT2D eigenvalue weighted by Crippen LogP contribution is -2.49. The van der Waals surface area contributed by atoms with Crippen molar-refractivity contribution in [3.05, 3.63) is 63.6 Å². The molecule has 0 spiro atoms. The van der Waals surface area contributed by atoms with Crippen molar-refractivity contribution < 1.29 is 14.3 Å². The van der Waals surface area contributed by atoms with E-state index in [0.717, 1.165) is 16.9 Å². The Labute approximate surface area is 188 Å². The van der Waals surface area contributed by atoms with Gasteiger partial charge in [-0.3, -0.25) is 4.79 Å². The number of benzene rings is 2. The van der Waals surface area contributed by atoms with Crippen LogP contribution in [-0.2, 0) is 14.9 Å². The molecule has 1 amide bonds. The van der Waals surface area contributed by atoms with Gasteiger partial charge in [0.2, 0.25) is 5.91 Å². The number of methoxy groups -OCH3 is 1. The quantitative estimate of drug-likeness (QED) is 0.675. The van der Waals surface area contributed by atoms with Crippen molar-refractivity contribution in [2.45, 2.75) is 24.3 Å². The molecule has 1 heterocycles. The van der Waals surface area contributed by atoms with Crippen LogP contribution in [0, 0.1) is 0 Å². The number of nitrogens with one attached hydrogen (secondary N) is 1. The number of ether oxygens (including phenoxy) is 2. The third-order valence-corrected chi connectivity index (χ3v) is 6.33. The van der Waals surface area contributed by atoms with Crippen LogP contribution in [0.1, 0.15) is 30.0 Å². The van der Waals surface area contributed by atoms with Crippen molar-refractivity contribution in [2.75, 3.05) is 41.0 Å². The first-order valence-electron chi connectivity index (χ1n) is 9.99. The molecule has 1 aliphatic heterocycles. The van der Waals surface area contributed by atoms with Gasteiger partial charge >= 0.3 is 0 Å². The molecule has 2 aromatic rings. The maximum absolute atomic E-state index is 13.5. The van der Waals surface area contributed by atoms with Crippen molar-refractivity contribution >= 4 is 29.1 Å². The second-order valence-electron chi connectivity index (χ2n) is 7.78. The normalized spacial score (nSPS) is 16.9. The summed E-state index contributed by atoms with van der Waals surface area (Å²) >= 11 is 12.6. The Morgan fingerprint density at radius 2 is 1.93 bits per heavy atom. The van der Waals surface area contributed by atoms with Crippen LogP contribution in [0.15, 0.2) is 42.5 Å². The summed E-state index contributed by atoms with van der Waals surface area (Å²) in [6, 6.07) is 13.3. The zero-order valence-corrected chi connectivity index (χ0v) is 19.1. The first-order valence-corrected chi connectivity index (χ1v) is 10.7. The maximum atomic E-state index is 13.5. The van der Waals surface area contributed by atoms with Gasteiger partial charge in [-0.25, -0.2) is 0 Å². The molecular formula is C23H28Cl2N2O3. The zero-order valence-electron chi connectivity index (χ0n) is 17.6. The van der Waals surface area contributed by atoms with E-state index in [4.69, 9.17) is 32.7 Å². The molecular weight excluding hydrogens is 423 g/mol. The fourth-order valence-electron chi connectivity index (χ4n) is 4.02. The van der Waals surface area contributed by atoms with Crippen molar-refractivity contribution in [3.8, 4) is 5.75 Å². The lowest BCUT2D eigenvalue weighted by Gasteiger charge is -2.37. The van der Waals surface area contributed by atoms with Gasteiger partial charge in [0.05, 0.1) is 18.6 Å². The van der Waals surface area contributed by atoms with E-state index >= 15 is 0 Å². The zero-order chi connectivity index (χ0) is 21.7. The SMILES string of the molecule is COc1cccc(C(CNC(=O)C2(c3ccc(Cl)cc3Cl)CCOCC2)N(C)C)c1. The second-order valence-corrected chi connectivity index (χ2v) is 8.63. The number of nitrogens with zero attached hydrogens (tertiary/aromatic N) is 1. The van der Waals surface area contributed by atoms with E-state index in [-0.39, 0.29) is 11.9 Å².